The van der Waals surface area contributed by atoms with Gasteiger partial charge in [0.2, 0.25) is 0 Å². The third kappa shape index (κ3) is 4.16. The molecular weight excluding hydrogens is 448 g/mol. The van der Waals surface area contributed by atoms with E-state index in [1.165, 1.54) is 0 Å². The normalized spacial score (nSPS) is 14.7. The molecule has 6 nitrogen and oxygen atoms in total. The monoisotopic (exact) mass is 466 g/mol. The van der Waals surface area contributed by atoms with Crippen LogP contribution in [0.1, 0.15) is 18.1 Å². The van der Waals surface area contributed by atoms with E-state index >= 15 is 0 Å². The van der Waals surface area contributed by atoms with Gasteiger partial charge in [-0.3, -0.25) is 10.1 Å². The summed E-state index contributed by atoms with van der Waals surface area (Å²) in [4.78, 5) is 23.1. The molecule has 4 rings (SSSR count). The van der Waals surface area contributed by atoms with Gasteiger partial charge < -0.3 is 14.8 Å². The number of carbonyl (C=O) groups is 2. The average Bonchev–Trinajstić information content (AvgIpc) is 3.04. The Balaban J connectivity index is 1.63. The lowest BCUT2D eigenvalue weighted by Gasteiger charge is -2.15. The van der Waals surface area contributed by atoms with E-state index in [2.05, 4.69) is 44.8 Å². The smallest absolute Gasteiger partial charge is 0.326 e. The fourth-order valence-electron chi connectivity index (χ4n) is 3.29. The van der Waals surface area contributed by atoms with Crippen LogP contribution < -0.4 is 20.1 Å². The molecule has 0 atom stereocenters. The average molecular weight is 467 g/mol. The Morgan fingerprint density at radius 1 is 1.00 bits per heavy atom. The predicted octanol–water partition coefficient (Wildman–Crippen LogP) is 4.76. The molecule has 0 unspecified atom stereocenters. The first-order valence-electron chi connectivity index (χ1n) is 9.45. The highest BCUT2D eigenvalue weighted by molar-refractivity contribution is 9.10. The minimum Gasteiger partial charge on any atom is -0.490 e. The van der Waals surface area contributed by atoms with Gasteiger partial charge in [0.15, 0.2) is 11.5 Å². The van der Waals surface area contributed by atoms with Crippen molar-refractivity contribution in [1.82, 2.24) is 10.6 Å². The molecule has 7 heteroatoms. The first-order chi connectivity index (χ1) is 14.5. The molecule has 0 aliphatic carbocycles. The van der Waals surface area contributed by atoms with Gasteiger partial charge in [-0.25, -0.2) is 4.79 Å². The number of rotatable bonds is 6. The molecule has 0 saturated carbocycles. The van der Waals surface area contributed by atoms with Crippen molar-refractivity contribution in [3.63, 3.8) is 0 Å². The van der Waals surface area contributed by atoms with E-state index in [1.54, 1.807) is 12.1 Å². The second kappa shape index (κ2) is 8.59. The molecule has 1 heterocycles. The fourth-order valence-corrected chi connectivity index (χ4v) is 3.87. The van der Waals surface area contributed by atoms with Crippen molar-refractivity contribution in [1.29, 1.82) is 0 Å². The molecule has 152 valence electrons. The number of halogens is 1. The summed E-state index contributed by atoms with van der Waals surface area (Å²) >= 11 is 3.55. The Morgan fingerprint density at radius 3 is 2.57 bits per heavy atom. The zero-order valence-corrected chi connectivity index (χ0v) is 17.8. The van der Waals surface area contributed by atoms with E-state index in [0.29, 0.717) is 34.7 Å². The van der Waals surface area contributed by atoms with Crippen LogP contribution in [0.5, 0.6) is 11.5 Å². The summed E-state index contributed by atoms with van der Waals surface area (Å²) in [5.41, 5.74) is 1.94. The van der Waals surface area contributed by atoms with Gasteiger partial charge in [0, 0.05) is 0 Å². The maximum atomic E-state index is 11.8. The van der Waals surface area contributed by atoms with Gasteiger partial charge in [0.25, 0.3) is 5.91 Å². The maximum Gasteiger partial charge on any atom is 0.326 e. The summed E-state index contributed by atoms with van der Waals surface area (Å²) in [7, 11) is 0. The van der Waals surface area contributed by atoms with E-state index in [9.17, 15) is 9.59 Å². The van der Waals surface area contributed by atoms with Gasteiger partial charge in [-0.05, 0) is 63.0 Å². The van der Waals surface area contributed by atoms with Gasteiger partial charge in [-0.2, -0.15) is 0 Å². The number of hydrogen-bond acceptors (Lipinski definition) is 4. The largest absolute Gasteiger partial charge is 0.490 e. The van der Waals surface area contributed by atoms with Gasteiger partial charge >= 0.3 is 6.03 Å². The summed E-state index contributed by atoms with van der Waals surface area (Å²) < 4.78 is 12.6. The van der Waals surface area contributed by atoms with Crippen molar-refractivity contribution >= 4 is 44.7 Å². The third-order valence-electron chi connectivity index (χ3n) is 4.61. The number of nitrogens with one attached hydrogen (secondary N) is 2. The molecular formula is C23H19BrN2O4. The lowest BCUT2D eigenvalue weighted by molar-refractivity contribution is -0.115. The minimum atomic E-state index is -0.537. The van der Waals surface area contributed by atoms with Gasteiger partial charge in [0.05, 0.1) is 11.1 Å². The van der Waals surface area contributed by atoms with Crippen LogP contribution in [0.4, 0.5) is 4.79 Å². The lowest BCUT2D eigenvalue weighted by atomic mass is 10.1. The molecule has 1 saturated heterocycles. The van der Waals surface area contributed by atoms with E-state index in [4.69, 9.17) is 9.47 Å². The molecule has 0 radical (unpaired) electrons. The first-order valence-corrected chi connectivity index (χ1v) is 10.2. The van der Waals surface area contributed by atoms with Crippen molar-refractivity contribution in [3.05, 3.63) is 75.9 Å². The zero-order valence-electron chi connectivity index (χ0n) is 16.2. The van der Waals surface area contributed by atoms with Crippen molar-refractivity contribution in [3.8, 4) is 11.5 Å². The molecule has 0 aromatic heterocycles. The Morgan fingerprint density at radius 2 is 1.80 bits per heavy atom. The van der Waals surface area contributed by atoms with Crippen LogP contribution in [0.15, 0.2) is 64.8 Å². The maximum absolute atomic E-state index is 11.8. The van der Waals surface area contributed by atoms with Crippen LogP contribution in [0.25, 0.3) is 16.8 Å². The number of ether oxygens (including phenoxy) is 2. The predicted molar refractivity (Wildman–Crippen MR) is 118 cm³/mol. The molecule has 30 heavy (non-hydrogen) atoms. The van der Waals surface area contributed by atoms with Crippen LogP contribution in [0, 0.1) is 0 Å². The number of fused-ring (bicyclic) bond motifs is 1. The number of carbonyl (C=O) groups excluding carboxylic acids is 2. The quantitative estimate of drug-likeness (QED) is 0.405. The molecule has 1 aliphatic rings. The van der Waals surface area contributed by atoms with E-state index in [1.807, 2.05) is 37.3 Å². The van der Waals surface area contributed by atoms with Crippen LogP contribution in [-0.2, 0) is 11.4 Å². The molecule has 3 aromatic carbocycles. The van der Waals surface area contributed by atoms with Crippen LogP contribution in [0.2, 0.25) is 0 Å². The highest BCUT2D eigenvalue weighted by Crippen LogP contribution is 2.38. The van der Waals surface area contributed by atoms with E-state index in [-0.39, 0.29) is 5.70 Å². The standard InChI is InChI=1S/C23H19BrN2O4/c1-2-29-20-12-14(11-19-22(27)26-23(28)25-19)10-18(24)21(20)30-13-16-8-5-7-15-6-3-4-9-17(15)16/h3-12H,2,13H2,1H3,(H2,25,26,27,28)/b19-11-. The summed E-state index contributed by atoms with van der Waals surface area (Å²) in [6.45, 7) is 2.71. The van der Waals surface area contributed by atoms with E-state index < -0.39 is 11.9 Å². The summed E-state index contributed by atoms with van der Waals surface area (Å²) in [6.07, 6.45) is 1.59. The summed E-state index contributed by atoms with van der Waals surface area (Å²) in [5, 5.41) is 6.95. The fraction of sp³-hybridized carbons (Fsp3) is 0.130. The second-order valence-corrected chi connectivity index (χ2v) is 7.51. The number of benzene rings is 3. The lowest BCUT2D eigenvalue weighted by Crippen LogP contribution is -2.22. The number of imide groups is 1. The number of hydrogen-bond donors (Lipinski definition) is 2. The molecule has 2 N–H and O–H groups in total. The van der Waals surface area contributed by atoms with Crippen molar-refractivity contribution in [2.24, 2.45) is 0 Å². The number of urea groups is 1. The Kier molecular flexibility index (Phi) is 5.72. The highest BCUT2D eigenvalue weighted by atomic mass is 79.9. The van der Waals surface area contributed by atoms with Crippen molar-refractivity contribution in [2.75, 3.05) is 6.61 Å². The molecule has 0 bridgehead atoms. The molecule has 3 amide bonds. The molecule has 3 aromatic rings. The minimum absolute atomic E-state index is 0.179. The molecule has 1 aliphatic heterocycles. The van der Waals surface area contributed by atoms with E-state index in [0.717, 1.165) is 16.3 Å². The Hall–Kier alpha value is -3.32. The SMILES string of the molecule is CCOc1cc(/C=C2\NC(=O)NC2=O)cc(Br)c1OCc1cccc2ccccc12. The van der Waals surface area contributed by atoms with Crippen LogP contribution >= 0.6 is 15.9 Å². The zero-order chi connectivity index (χ0) is 21.1. The summed E-state index contributed by atoms with van der Waals surface area (Å²) in [5.74, 6) is 0.654. The molecule has 1 fully saturated rings. The van der Waals surface area contributed by atoms with Gasteiger partial charge in [0.1, 0.15) is 12.3 Å². The Labute approximate surface area is 182 Å². The first kappa shape index (κ1) is 20.0. The van der Waals surface area contributed by atoms with Gasteiger partial charge in [-0.15, -0.1) is 0 Å². The Bertz CT molecular complexity index is 1170. The van der Waals surface area contributed by atoms with Crippen LogP contribution in [-0.4, -0.2) is 18.5 Å². The third-order valence-corrected chi connectivity index (χ3v) is 5.20. The van der Waals surface area contributed by atoms with Gasteiger partial charge in [-0.1, -0.05) is 42.5 Å². The summed E-state index contributed by atoms with van der Waals surface area (Å²) in [6, 6.07) is 17.3. The topological polar surface area (TPSA) is 76.7 Å². The van der Waals surface area contributed by atoms with Crippen LogP contribution in [0.3, 0.4) is 0 Å². The highest BCUT2D eigenvalue weighted by Gasteiger charge is 2.23. The number of amides is 3. The van der Waals surface area contributed by atoms with Crippen molar-refractivity contribution < 1.29 is 19.1 Å². The molecule has 0 spiro atoms. The second-order valence-electron chi connectivity index (χ2n) is 6.66. The van der Waals surface area contributed by atoms with Crippen molar-refractivity contribution in [2.45, 2.75) is 13.5 Å².